The molecule has 1 unspecified atom stereocenters. The molecule has 3 aromatic rings. The summed E-state index contributed by atoms with van der Waals surface area (Å²) in [5, 5.41) is 5.43. The predicted octanol–water partition coefficient (Wildman–Crippen LogP) is 2.91. The summed E-state index contributed by atoms with van der Waals surface area (Å²) in [5.74, 6) is 5.68. The SMILES string of the molecule is NNC(Cc1ccsc1)Cc1ccc2ccccc2n1. The van der Waals surface area contributed by atoms with Crippen LogP contribution in [0.5, 0.6) is 0 Å². The van der Waals surface area contributed by atoms with Gasteiger partial charge >= 0.3 is 0 Å². The normalized spacial score (nSPS) is 12.7. The van der Waals surface area contributed by atoms with Gasteiger partial charge in [0.05, 0.1) is 5.52 Å². The second kappa shape index (κ2) is 6.13. The molecule has 1 aromatic carbocycles. The molecular weight excluding hydrogens is 266 g/mol. The summed E-state index contributed by atoms with van der Waals surface area (Å²) in [6.07, 6.45) is 1.76. The van der Waals surface area contributed by atoms with Crippen LogP contribution in [0.15, 0.2) is 53.2 Å². The number of aromatic nitrogens is 1. The molecule has 0 saturated heterocycles. The monoisotopic (exact) mass is 283 g/mol. The maximum absolute atomic E-state index is 5.68. The topological polar surface area (TPSA) is 50.9 Å². The lowest BCUT2D eigenvalue weighted by molar-refractivity contribution is 0.518. The van der Waals surface area contributed by atoms with Crippen LogP contribution in [0.3, 0.4) is 0 Å². The Bertz CT molecular complexity index is 679. The van der Waals surface area contributed by atoms with Crippen molar-refractivity contribution in [2.45, 2.75) is 18.9 Å². The molecular formula is C16H17N3S. The van der Waals surface area contributed by atoms with Crippen LogP contribution in [0.1, 0.15) is 11.3 Å². The van der Waals surface area contributed by atoms with Crippen LogP contribution in [0, 0.1) is 0 Å². The van der Waals surface area contributed by atoms with E-state index in [2.05, 4.69) is 40.5 Å². The Morgan fingerprint density at radius 3 is 2.80 bits per heavy atom. The second-order valence-corrected chi connectivity index (χ2v) is 5.68. The van der Waals surface area contributed by atoms with Crippen molar-refractivity contribution in [2.24, 2.45) is 5.84 Å². The van der Waals surface area contributed by atoms with Gasteiger partial charge < -0.3 is 0 Å². The number of thiophene rings is 1. The van der Waals surface area contributed by atoms with Gasteiger partial charge in [0.25, 0.3) is 0 Å². The van der Waals surface area contributed by atoms with E-state index < -0.39 is 0 Å². The van der Waals surface area contributed by atoms with Crippen molar-refractivity contribution < 1.29 is 0 Å². The molecule has 3 nitrogen and oxygen atoms in total. The quantitative estimate of drug-likeness (QED) is 0.559. The lowest BCUT2D eigenvalue weighted by Crippen LogP contribution is -2.38. The summed E-state index contributed by atoms with van der Waals surface area (Å²) in [5.41, 5.74) is 6.33. The summed E-state index contributed by atoms with van der Waals surface area (Å²) in [6.45, 7) is 0. The van der Waals surface area contributed by atoms with Crippen LogP contribution in [-0.2, 0) is 12.8 Å². The Balaban J connectivity index is 1.76. The number of pyridine rings is 1. The van der Waals surface area contributed by atoms with Crippen molar-refractivity contribution in [2.75, 3.05) is 0 Å². The minimum Gasteiger partial charge on any atom is -0.271 e. The van der Waals surface area contributed by atoms with Crippen LogP contribution < -0.4 is 11.3 Å². The number of nitrogens with zero attached hydrogens (tertiary/aromatic N) is 1. The van der Waals surface area contributed by atoms with E-state index in [1.165, 1.54) is 10.9 Å². The fraction of sp³-hybridized carbons (Fsp3) is 0.188. The molecule has 0 saturated carbocycles. The zero-order chi connectivity index (χ0) is 13.8. The van der Waals surface area contributed by atoms with Gasteiger partial charge in [-0.2, -0.15) is 11.3 Å². The molecule has 2 heterocycles. The molecule has 0 aliphatic rings. The Hall–Kier alpha value is -1.75. The number of fused-ring (bicyclic) bond motifs is 1. The second-order valence-electron chi connectivity index (χ2n) is 4.90. The molecule has 102 valence electrons. The van der Waals surface area contributed by atoms with Crippen LogP contribution in [0.2, 0.25) is 0 Å². The van der Waals surface area contributed by atoms with Gasteiger partial charge in [-0.15, -0.1) is 0 Å². The highest BCUT2D eigenvalue weighted by Gasteiger charge is 2.10. The fourth-order valence-corrected chi connectivity index (χ4v) is 3.04. The molecule has 1 atom stereocenters. The Labute approximate surface area is 122 Å². The van der Waals surface area contributed by atoms with Gasteiger partial charge in [0, 0.05) is 23.5 Å². The number of hydrogen-bond acceptors (Lipinski definition) is 4. The predicted molar refractivity (Wildman–Crippen MR) is 84.6 cm³/mol. The van der Waals surface area contributed by atoms with E-state index in [1.807, 2.05) is 18.2 Å². The molecule has 3 N–H and O–H groups in total. The first-order chi connectivity index (χ1) is 9.85. The Morgan fingerprint density at radius 2 is 2.00 bits per heavy atom. The number of rotatable bonds is 5. The number of hydrogen-bond donors (Lipinski definition) is 2. The first-order valence-electron chi connectivity index (χ1n) is 6.67. The van der Waals surface area contributed by atoms with Crippen molar-refractivity contribution in [1.29, 1.82) is 0 Å². The fourth-order valence-electron chi connectivity index (χ4n) is 2.36. The number of nitrogens with one attached hydrogen (secondary N) is 1. The molecule has 0 aliphatic heterocycles. The van der Waals surface area contributed by atoms with Crippen molar-refractivity contribution in [1.82, 2.24) is 10.4 Å². The molecule has 0 radical (unpaired) electrons. The van der Waals surface area contributed by atoms with Gasteiger partial charge in [0.15, 0.2) is 0 Å². The van der Waals surface area contributed by atoms with E-state index in [-0.39, 0.29) is 6.04 Å². The van der Waals surface area contributed by atoms with Crippen LogP contribution in [0.4, 0.5) is 0 Å². The minimum absolute atomic E-state index is 0.207. The van der Waals surface area contributed by atoms with Crippen molar-refractivity contribution >= 4 is 22.2 Å². The maximum Gasteiger partial charge on any atom is 0.0705 e. The lowest BCUT2D eigenvalue weighted by Gasteiger charge is -2.15. The molecule has 0 fully saturated rings. The molecule has 0 bridgehead atoms. The van der Waals surface area contributed by atoms with E-state index >= 15 is 0 Å². The number of hydrazine groups is 1. The van der Waals surface area contributed by atoms with E-state index in [0.29, 0.717) is 0 Å². The van der Waals surface area contributed by atoms with Crippen molar-refractivity contribution in [3.63, 3.8) is 0 Å². The Kier molecular flexibility index (Phi) is 4.06. The smallest absolute Gasteiger partial charge is 0.0705 e. The molecule has 2 aromatic heterocycles. The third-order valence-corrected chi connectivity index (χ3v) is 4.14. The molecule has 3 rings (SSSR count). The van der Waals surface area contributed by atoms with Crippen LogP contribution in [0.25, 0.3) is 10.9 Å². The highest BCUT2D eigenvalue weighted by atomic mass is 32.1. The largest absolute Gasteiger partial charge is 0.271 e. The highest BCUT2D eigenvalue weighted by molar-refractivity contribution is 7.07. The molecule has 0 amide bonds. The van der Waals surface area contributed by atoms with Gasteiger partial charge in [-0.3, -0.25) is 16.3 Å². The van der Waals surface area contributed by atoms with E-state index in [4.69, 9.17) is 10.8 Å². The van der Waals surface area contributed by atoms with Crippen LogP contribution >= 0.6 is 11.3 Å². The zero-order valence-corrected chi connectivity index (χ0v) is 11.9. The average Bonchev–Trinajstić information content (AvgIpc) is 2.99. The summed E-state index contributed by atoms with van der Waals surface area (Å²) in [6, 6.07) is 14.7. The molecule has 0 aliphatic carbocycles. The lowest BCUT2D eigenvalue weighted by atomic mass is 10.0. The standard InChI is InChI=1S/C16H17N3S/c17-19-15(9-12-7-8-20-11-12)10-14-6-5-13-3-1-2-4-16(13)18-14/h1-8,11,15,19H,9-10,17H2. The van der Waals surface area contributed by atoms with Gasteiger partial charge in [-0.05, 0) is 40.9 Å². The van der Waals surface area contributed by atoms with E-state index in [9.17, 15) is 0 Å². The highest BCUT2D eigenvalue weighted by Crippen LogP contribution is 2.15. The summed E-state index contributed by atoms with van der Waals surface area (Å²) >= 11 is 1.72. The van der Waals surface area contributed by atoms with Crippen molar-refractivity contribution in [3.05, 3.63) is 64.5 Å². The summed E-state index contributed by atoms with van der Waals surface area (Å²) in [7, 11) is 0. The molecule has 4 heteroatoms. The summed E-state index contributed by atoms with van der Waals surface area (Å²) in [4.78, 5) is 4.70. The first kappa shape index (κ1) is 13.2. The zero-order valence-electron chi connectivity index (χ0n) is 11.1. The first-order valence-corrected chi connectivity index (χ1v) is 7.61. The molecule has 20 heavy (non-hydrogen) atoms. The Morgan fingerprint density at radius 1 is 1.10 bits per heavy atom. The summed E-state index contributed by atoms with van der Waals surface area (Å²) < 4.78 is 0. The number of benzene rings is 1. The molecule has 0 spiro atoms. The number of para-hydroxylation sites is 1. The van der Waals surface area contributed by atoms with Gasteiger partial charge in [-0.1, -0.05) is 24.3 Å². The van der Waals surface area contributed by atoms with Crippen molar-refractivity contribution in [3.8, 4) is 0 Å². The van der Waals surface area contributed by atoms with Gasteiger partial charge in [-0.25, -0.2) is 0 Å². The van der Waals surface area contributed by atoms with E-state index in [1.54, 1.807) is 11.3 Å². The van der Waals surface area contributed by atoms with Gasteiger partial charge in [0.2, 0.25) is 0 Å². The third kappa shape index (κ3) is 3.04. The minimum atomic E-state index is 0.207. The van der Waals surface area contributed by atoms with Gasteiger partial charge in [0.1, 0.15) is 0 Å². The van der Waals surface area contributed by atoms with Crippen LogP contribution in [-0.4, -0.2) is 11.0 Å². The van der Waals surface area contributed by atoms with E-state index in [0.717, 1.165) is 24.1 Å². The number of nitrogens with two attached hydrogens (primary N) is 1. The third-order valence-electron chi connectivity index (χ3n) is 3.41. The average molecular weight is 283 g/mol. The maximum atomic E-state index is 5.68.